The predicted molar refractivity (Wildman–Crippen MR) is 116 cm³/mol. The monoisotopic (exact) mass is 399 g/mol. The molecule has 0 aliphatic carbocycles. The summed E-state index contributed by atoms with van der Waals surface area (Å²) in [5, 5.41) is 1.11. The third-order valence-corrected chi connectivity index (χ3v) is 7.08. The van der Waals surface area contributed by atoms with Crippen LogP contribution in [0.2, 0.25) is 0 Å². The van der Waals surface area contributed by atoms with Crippen molar-refractivity contribution in [3.8, 4) is 0 Å². The zero-order valence-corrected chi connectivity index (χ0v) is 17.4. The maximum atomic E-state index is 11.9. The molecule has 1 atom stereocenters. The largest absolute Gasteiger partial charge is 0.382 e. The lowest BCUT2D eigenvalue weighted by Gasteiger charge is -2.14. The van der Waals surface area contributed by atoms with Gasteiger partial charge in [-0.2, -0.15) is 0 Å². The van der Waals surface area contributed by atoms with Crippen LogP contribution in [0.4, 0.5) is 5.82 Å². The van der Waals surface area contributed by atoms with Gasteiger partial charge in [-0.1, -0.05) is 31.5 Å². The molecule has 1 aliphatic heterocycles. The van der Waals surface area contributed by atoms with Crippen LogP contribution in [-0.4, -0.2) is 41.9 Å². The fraction of sp³-hybridized carbons (Fsp3) is 0.524. The van der Waals surface area contributed by atoms with Crippen LogP contribution in [0.1, 0.15) is 44.9 Å². The highest BCUT2D eigenvalue weighted by molar-refractivity contribution is 7.82. The minimum Gasteiger partial charge on any atom is -0.382 e. The lowest BCUT2D eigenvalue weighted by Crippen LogP contribution is -2.22. The van der Waals surface area contributed by atoms with E-state index in [0.29, 0.717) is 5.82 Å². The molecule has 1 unspecified atom stereocenters. The number of unbranched alkanes of at least 4 members (excludes halogenated alkanes) is 2. The Labute approximate surface area is 168 Å². The Balaban J connectivity index is 1.63. The van der Waals surface area contributed by atoms with Crippen LogP contribution >= 0.6 is 0 Å². The number of benzene rings is 1. The molecule has 1 aromatic carbocycles. The van der Waals surface area contributed by atoms with E-state index in [2.05, 4.69) is 26.8 Å². The quantitative estimate of drug-likeness (QED) is 0.587. The van der Waals surface area contributed by atoms with E-state index in [4.69, 9.17) is 10.7 Å². The number of rotatable bonds is 8. The standard InChI is InChI=1S/C21H29N5OS/c1-2-3-11-18-24-19-20(16-9-4-5-10-17(16)23-21(19)22)26(18)14-7-6-12-25-13-8-15-28(25)27/h4-5,9-10H,2-3,6-8,11-15H2,1H3,(H2,22,23). The fourth-order valence-corrected chi connectivity index (χ4v) is 5.34. The lowest BCUT2D eigenvalue weighted by atomic mass is 10.2. The normalized spacial score (nSPS) is 17.8. The van der Waals surface area contributed by atoms with Crippen molar-refractivity contribution in [2.24, 2.45) is 0 Å². The Bertz CT molecular complexity index is 999. The van der Waals surface area contributed by atoms with Gasteiger partial charge in [0.05, 0.1) is 22.0 Å². The van der Waals surface area contributed by atoms with Gasteiger partial charge < -0.3 is 10.3 Å². The molecule has 1 saturated heterocycles. The first-order valence-electron chi connectivity index (χ1n) is 10.4. The topological polar surface area (TPSA) is 77.0 Å². The Hall–Kier alpha value is -1.99. The Morgan fingerprint density at radius 1 is 1.14 bits per heavy atom. The van der Waals surface area contributed by atoms with Crippen molar-refractivity contribution < 1.29 is 4.21 Å². The number of anilines is 1. The predicted octanol–water partition coefficient (Wildman–Crippen LogP) is 3.66. The Morgan fingerprint density at radius 2 is 1.96 bits per heavy atom. The minimum absolute atomic E-state index is 0.512. The van der Waals surface area contributed by atoms with Gasteiger partial charge in [-0.25, -0.2) is 18.5 Å². The lowest BCUT2D eigenvalue weighted by molar-refractivity contribution is 0.444. The van der Waals surface area contributed by atoms with E-state index in [9.17, 15) is 4.21 Å². The van der Waals surface area contributed by atoms with Crippen molar-refractivity contribution in [3.05, 3.63) is 30.1 Å². The summed E-state index contributed by atoms with van der Waals surface area (Å²) in [5.74, 6) is 2.44. The van der Waals surface area contributed by atoms with Crippen LogP contribution in [0.15, 0.2) is 24.3 Å². The summed E-state index contributed by atoms with van der Waals surface area (Å²) in [7, 11) is -0.764. The van der Waals surface area contributed by atoms with Gasteiger partial charge in [-0.3, -0.25) is 0 Å². The summed E-state index contributed by atoms with van der Waals surface area (Å²) in [4.78, 5) is 9.44. The zero-order chi connectivity index (χ0) is 19.5. The van der Waals surface area contributed by atoms with Crippen LogP contribution in [0.5, 0.6) is 0 Å². The second-order valence-corrected chi connectivity index (χ2v) is 9.08. The third-order valence-electron chi connectivity index (χ3n) is 5.50. The second kappa shape index (κ2) is 8.57. The van der Waals surface area contributed by atoms with Crippen molar-refractivity contribution in [1.29, 1.82) is 0 Å². The van der Waals surface area contributed by atoms with Crippen molar-refractivity contribution in [1.82, 2.24) is 18.8 Å². The molecule has 2 N–H and O–H groups in total. The van der Waals surface area contributed by atoms with Crippen molar-refractivity contribution in [2.45, 2.75) is 52.0 Å². The van der Waals surface area contributed by atoms with Crippen LogP contribution in [0.25, 0.3) is 21.9 Å². The number of hydrogen-bond acceptors (Lipinski definition) is 4. The van der Waals surface area contributed by atoms with Crippen LogP contribution in [-0.2, 0) is 24.0 Å². The van der Waals surface area contributed by atoms with Crippen molar-refractivity contribution in [3.63, 3.8) is 0 Å². The Morgan fingerprint density at radius 3 is 2.75 bits per heavy atom. The van der Waals surface area contributed by atoms with Gasteiger partial charge in [0, 0.05) is 37.2 Å². The van der Waals surface area contributed by atoms with Gasteiger partial charge >= 0.3 is 0 Å². The van der Waals surface area contributed by atoms with Gasteiger partial charge in [0.25, 0.3) is 0 Å². The summed E-state index contributed by atoms with van der Waals surface area (Å²) >= 11 is 0. The fourth-order valence-electron chi connectivity index (χ4n) is 4.04. The summed E-state index contributed by atoms with van der Waals surface area (Å²) in [6.07, 6.45) is 6.33. The molecule has 0 amide bonds. The average molecular weight is 400 g/mol. The molecule has 1 aliphatic rings. The number of imidazole rings is 1. The number of hydrogen-bond donors (Lipinski definition) is 1. The summed E-state index contributed by atoms with van der Waals surface area (Å²) in [5.41, 5.74) is 9.11. The van der Waals surface area contributed by atoms with E-state index in [-0.39, 0.29) is 0 Å². The first-order chi connectivity index (χ1) is 13.7. The number of nitrogen functional groups attached to an aromatic ring is 1. The van der Waals surface area contributed by atoms with Gasteiger partial charge in [0.2, 0.25) is 0 Å². The van der Waals surface area contributed by atoms with Crippen molar-refractivity contribution >= 4 is 38.7 Å². The number of para-hydroxylation sites is 1. The number of nitrogens with two attached hydrogens (primary N) is 1. The highest BCUT2D eigenvalue weighted by atomic mass is 32.2. The number of aryl methyl sites for hydroxylation is 2. The van der Waals surface area contributed by atoms with E-state index in [0.717, 1.165) is 91.7 Å². The van der Waals surface area contributed by atoms with Gasteiger partial charge in [-0.15, -0.1) is 0 Å². The molecule has 0 bridgehead atoms. The van der Waals surface area contributed by atoms with E-state index in [1.165, 1.54) is 0 Å². The SMILES string of the molecule is CCCCc1nc2c(N)nc3ccccc3c2n1CCCCN1CCCS1=O. The van der Waals surface area contributed by atoms with Gasteiger partial charge in [0.1, 0.15) is 11.3 Å². The zero-order valence-electron chi connectivity index (χ0n) is 16.6. The maximum Gasteiger partial charge on any atom is 0.152 e. The van der Waals surface area contributed by atoms with E-state index in [1.54, 1.807) is 0 Å². The van der Waals surface area contributed by atoms with Gasteiger partial charge in [0.15, 0.2) is 5.82 Å². The first-order valence-corrected chi connectivity index (χ1v) is 11.6. The molecule has 2 aromatic heterocycles. The second-order valence-electron chi connectivity index (χ2n) is 7.51. The smallest absolute Gasteiger partial charge is 0.152 e. The molecular weight excluding hydrogens is 370 g/mol. The summed E-state index contributed by atoms with van der Waals surface area (Å²) < 4.78 is 16.4. The molecular formula is C21H29N5OS. The molecule has 4 rings (SSSR count). The molecule has 28 heavy (non-hydrogen) atoms. The van der Waals surface area contributed by atoms with E-state index in [1.807, 2.05) is 18.2 Å². The molecule has 0 saturated carbocycles. The van der Waals surface area contributed by atoms with Crippen LogP contribution in [0.3, 0.4) is 0 Å². The number of aromatic nitrogens is 3. The number of nitrogens with zero attached hydrogens (tertiary/aromatic N) is 4. The summed E-state index contributed by atoms with van der Waals surface area (Å²) in [6.45, 7) is 4.99. The third kappa shape index (κ3) is 3.78. The molecule has 6 nitrogen and oxygen atoms in total. The molecule has 3 heterocycles. The number of pyridine rings is 1. The number of fused-ring (bicyclic) bond motifs is 3. The molecule has 0 spiro atoms. The van der Waals surface area contributed by atoms with Crippen LogP contribution < -0.4 is 5.73 Å². The highest BCUT2D eigenvalue weighted by Gasteiger charge is 2.20. The van der Waals surface area contributed by atoms with Crippen molar-refractivity contribution in [2.75, 3.05) is 24.6 Å². The summed E-state index contributed by atoms with van der Waals surface area (Å²) in [6, 6.07) is 8.16. The first kappa shape index (κ1) is 19.3. The Kier molecular flexibility index (Phi) is 5.92. The highest BCUT2D eigenvalue weighted by Crippen LogP contribution is 2.29. The average Bonchev–Trinajstić information content (AvgIpc) is 3.27. The molecule has 3 aromatic rings. The van der Waals surface area contributed by atoms with E-state index >= 15 is 0 Å². The van der Waals surface area contributed by atoms with Crippen LogP contribution in [0, 0.1) is 0 Å². The molecule has 7 heteroatoms. The molecule has 0 radical (unpaired) electrons. The molecule has 1 fully saturated rings. The van der Waals surface area contributed by atoms with E-state index < -0.39 is 11.0 Å². The van der Waals surface area contributed by atoms with Gasteiger partial charge in [-0.05, 0) is 31.7 Å². The molecule has 150 valence electrons. The maximum absolute atomic E-state index is 11.9. The minimum atomic E-state index is -0.764.